The first-order chi connectivity index (χ1) is 18.7. The van der Waals surface area contributed by atoms with Gasteiger partial charge in [-0.05, 0) is 76.4 Å². The summed E-state index contributed by atoms with van der Waals surface area (Å²) in [6, 6.07) is 14.2. The largest absolute Gasteiger partial charge is 0.492 e. The number of Topliss-reactive ketones (excluding diaryl/α,β-unsaturated/α-hetero) is 1. The minimum atomic E-state index is -0.133. The van der Waals surface area contributed by atoms with Crippen molar-refractivity contribution in [3.05, 3.63) is 76.9 Å². The van der Waals surface area contributed by atoms with E-state index < -0.39 is 0 Å². The number of piperidine rings is 1. The molecular weight excluding hydrogens is 488 g/mol. The van der Waals surface area contributed by atoms with Crippen LogP contribution in [0.4, 0.5) is 0 Å². The van der Waals surface area contributed by atoms with Crippen LogP contribution in [0.2, 0.25) is 0 Å². The first kappa shape index (κ1) is 28.5. The van der Waals surface area contributed by atoms with Gasteiger partial charge < -0.3 is 14.2 Å². The molecule has 0 atom stereocenters. The Bertz CT molecular complexity index is 1270. The molecule has 0 saturated carbocycles. The van der Waals surface area contributed by atoms with Gasteiger partial charge in [-0.15, -0.1) is 0 Å². The Morgan fingerprint density at radius 3 is 2.31 bits per heavy atom. The molecule has 1 aliphatic rings. The zero-order valence-electron chi connectivity index (χ0n) is 23.9. The minimum Gasteiger partial charge on any atom is -0.492 e. The SMILES string of the molecule is CN(C)C1CCN(CCOc2ccc(C#Cc3ccc(CC(=O)Cc4cc(C(C)(C)C)on4)nc3)cc2)CC1. The molecule has 0 radical (unpaired) electrons. The second-order valence-corrected chi connectivity index (χ2v) is 11.5. The van der Waals surface area contributed by atoms with Gasteiger partial charge in [-0.2, -0.15) is 0 Å². The minimum absolute atomic E-state index is 0.0475. The van der Waals surface area contributed by atoms with Crippen LogP contribution < -0.4 is 4.74 Å². The third-order valence-corrected chi connectivity index (χ3v) is 7.05. The lowest BCUT2D eigenvalue weighted by Crippen LogP contribution is -2.43. The van der Waals surface area contributed by atoms with Gasteiger partial charge >= 0.3 is 0 Å². The molecule has 4 rings (SSSR count). The van der Waals surface area contributed by atoms with Crippen LogP contribution in [0.25, 0.3) is 0 Å². The molecule has 0 aliphatic carbocycles. The van der Waals surface area contributed by atoms with Gasteiger partial charge in [0.2, 0.25) is 0 Å². The van der Waals surface area contributed by atoms with Crippen LogP contribution in [0, 0.1) is 11.8 Å². The molecule has 1 aliphatic heterocycles. The highest BCUT2D eigenvalue weighted by atomic mass is 16.5. The number of aromatic nitrogens is 2. The fraction of sp³-hybridized carbons (Fsp3) is 0.469. The van der Waals surface area contributed by atoms with Crippen molar-refractivity contribution in [1.82, 2.24) is 19.9 Å². The number of hydrogen-bond donors (Lipinski definition) is 0. The second kappa shape index (κ2) is 13.1. The predicted molar refractivity (Wildman–Crippen MR) is 153 cm³/mol. The predicted octanol–water partition coefficient (Wildman–Crippen LogP) is 4.53. The molecule has 1 aromatic carbocycles. The summed E-state index contributed by atoms with van der Waals surface area (Å²) >= 11 is 0. The number of carbonyl (C=O) groups is 1. The van der Waals surface area contributed by atoms with Crippen LogP contribution in [-0.4, -0.2) is 72.1 Å². The van der Waals surface area contributed by atoms with Gasteiger partial charge in [-0.25, -0.2) is 0 Å². The Hall–Kier alpha value is -3.47. The molecule has 7 heteroatoms. The maximum absolute atomic E-state index is 12.5. The highest BCUT2D eigenvalue weighted by Crippen LogP contribution is 2.23. The van der Waals surface area contributed by atoms with Gasteiger partial charge in [0.1, 0.15) is 23.9 Å². The molecule has 3 heterocycles. The van der Waals surface area contributed by atoms with E-state index in [0.29, 0.717) is 24.0 Å². The molecular formula is C32H40N4O3. The monoisotopic (exact) mass is 528 g/mol. The van der Waals surface area contributed by atoms with E-state index in [1.54, 1.807) is 6.20 Å². The maximum Gasteiger partial charge on any atom is 0.144 e. The van der Waals surface area contributed by atoms with E-state index in [9.17, 15) is 4.79 Å². The number of rotatable bonds is 9. The summed E-state index contributed by atoms with van der Waals surface area (Å²) in [6.07, 6.45) is 4.64. The molecule has 0 bridgehead atoms. The third kappa shape index (κ3) is 8.77. The molecule has 39 heavy (non-hydrogen) atoms. The Labute approximate surface area is 232 Å². The molecule has 1 saturated heterocycles. The van der Waals surface area contributed by atoms with Gasteiger partial charge in [0.25, 0.3) is 0 Å². The average Bonchev–Trinajstić information content (AvgIpc) is 3.38. The summed E-state index contributed by atoms with van der Waals surface area (Å²) in [5.41, 5.74) is 2.95. The Morgan fingerprint density at radius 2 is 1.69 bits per heavy atom. The van der Waals surface area contributed by atoms with E-state index in [4.69, 9.17) is 9.26 Å². The first-order valence-corrected chi connectivity index (χ1v) is 13.7. The number of benzene rings is 1. The molecule has 0 N–H and O–H groups in total. The number of ketones is 1. The zero-order chi connectivity index (χ0) is 27.8. The van der Waals surface area contributed by atoms with Crippen molar-refractivity contribution in [1.29, 1.82) is 0 Å². The summed E-state index contributed by atoms with van der Waals surface area (Å²) in [4.78, 5) is 21.7. The molecule has 7 nitrogen and oxygen atoms in total. The highest BCUT2D eigenvalue weighted by Gasteiger charge is 2.21. The van der Waals surface area contributed by atoms with Crippen LogP contribution in [0.5, 0.6) is 5.75 Å². The summed E-state index contributed by atoms with van der Waals surface area (Å²) in [5.74, 6) is 8.00. The van der Waals surface area contributed by atoms with E-state index in [1.807, 2.05) is 42.5 Å². The molecule has 0 amide bonds. The van der Waals surface area contributed by atoms with E-state index >= 15 is 0 Å². The fourth-order valence-corrected chi connectivity index (χ4v) is 4.55. The number of carbonyl (C=O) groups excluding carboxylic acids is 1. The van der Waals surface area contributed by atoms with Gasteiger partial charge in [0.05, 0.1) is 12.1 Å². The lowest BCUT2D eigenvalue weighted by molar-refractivity contribution is -0.117. The molecule has 1 fully saturated rings. The first-order valence-electron chi connectivity index (χ1n) is 13.7. The summed E-state index contributed by atoms with van der Waals surface area (Å²) in [7, 11) is 4.33. The van der Waals surface area contributed by atoms with Crippen molar-refractivity contribution in [2.45, 2.75) is 57.9 Å². The van der Waals surface area contributed by atoms with Crippen LogP contribution >= 0.6 is 0 Å². The van der Waals surface area contributed by atoms with E-state index in [1.165, 1.54) is 12.8 Å². The summed E-state index contributed by atoms with van der Waals surface area (Å²) in [6.45, 7) is 10.1. The maximum atomic E-state index is 12.5. The fourth-order valence-electron chi connectivity index (χ4n) is 4.55. The van der Waals surface area contributed by atoms with E-state index in [2.05, 4.69) is 66.6 Å². The molecule has 0 unspecified atom stereocenters. The van der Waals surface area contributed by atoms with Crippen LogP contribution in [-0.2, 0) is 23.1 Å². The number of nitrogens with zero attached hydrogens (tertiary/aromatic N) is 4. The van der Waals surface area contributed by atoms with Crippen molar-refractivity contribution >= 4 is 5.78 Å². The number of ether oxygens (including phenoxy) is 1. The van der Waals surface area contributed by atoms with Crippen LogP contribution in [0.15, 0.2) is 53.2 Å². The van der Waals surface area contributed by atoms with Crippen LogP contribution in [0.3, 0.4) is 0 Å². The summed E-state index contributed by atoms with van der Waals surface area (Å²) in [5, 5.41) is 4.03. The molecule has 3 aromatic rings. The number of pyridine rings is 1. The van der Waals surface area contributed by atoms with Gasteiger partial charge in [-0.3, -0.25) is 14.7 Å². The number of likely N-dealkylation sites (tertiary alicyclic amines) is 1. The van der Waals surface area contributed by atoms with Crippen molar-refractivity contribution < 1.29 is 14.1 Å². The zero-order valence-corrected chi connectivity index (χ0v) is 23.9. The lowest BCUT2D eigenvalue weighted by atomic mass is 9.93. The Kier molecular flexibility index (Phi) is 9.55. The Morgan fingerprint density at radius 1 is 1.03 bits per heavy atom. The quantitative estimate of drug-likeness (QED) is 0.378. The van der Waals surface area contributed by atoms with Crippen molar-refractivity contribution in [2.75, 3.05) is 40.3 Å². The van der Waals surface area contributed by atoms with E-state index in [-0.39, 0.29) is 24.0 Å². The number of hydrogen-bond acceptors (Lipinski definition) is 7. The molecule has 0 spiro atoms. The third-order valence-electron chi connectivity index (χ3n) is 7.05. The summed E-state index contributed by atoms with van der Waals surface area (Å²) < 4.78 is 11.3. The molecule has 206 valence electrons. The Balaban J connectivity index is 1.20. The molecule has 2 aromatic heterocycles. The topological polar surface area (TPSA) is 71.7 Å². The second-order valence-electron chi connectivity index (χ2n) is 11.5. The normalized spacial score (nSPS) is 14.7. The van der Waals surface area contributed by atoms with E-state index in [0.717, 1.165) is 42.3 Å². The standard InChI is InChI=1S/C32H40N4O3/c1-32(2,3)31-22-27(34-39-31)21-29(37)20-26-11-8-25(23-33-26)7-6-24-9-12-30(13-10-24)38-19-18-36-16-14-28(15-17-36)35(4)5/h8-13,22-23,28H,14-21H2,1-5H3. The van der Waals surface area contributed by atoms with Crippen molar-refractivity contribution in [2.24, 2.45) is 0 Å². The van der Waals surface area contributed by atoms with Crippen LogP contribution in [0.1, 0.15) is 61.9 Å². The smallest absolute Gasteiger partial charge is 0.144 e. The van der Waals surface area contributed by atoms with Gasteiger partial charge in [0, 0.05) is 53.5 Å². The highest BCUT2D eigenvalue weighted by molar-refractivity contribution is 5.82. The van der Waals surface area contributed by atoms with Crippen molar-refractivity contribution in [3.8, 4) is 17.6 Å². The van der Waals surface area contributed by atoms with Crippen molar-refractivity contribution in [3.63, 3.8) is 0 Å². The van der Waals surface area contributed by atoms with Gasteiger partial charge in [-0.1, -0.05) is 37.8 Å². The van der Waals surface area contributed by atoms with Gasteiger partial charge in [0.15, 0.2) is 0 Å². The average molecular weight is 529 g/mol. The lowest BCUT2D eigenvalue weighted by Gasteiger charge is -2.35.